The molecule has 1 aliphatic heterocycles. The maximum absolute atomic E-state index is 12.6. The zero-order valence-corrected chi connectivity index (χ0v) is 16.9. The van der Waals surface area contributed by atoms with Crippen LogP contribution in [0, 0.1) is 0 Å². The fourth-order valence-corrected chi connectivity index (χ4v) is 4.08. The Kier molecular flexibility index (Phi) is 6.79. The molecule has 1 N–H and O–H groups in total. The summed E-state index contributed by atoms with van der Waals surface area (Å²) in [5.41, 5.74) is 1.02. The van der Waals surface area contributed by atoms with Crippen LogP contribution in [0.2, 0.25) is 0 Å². The monoisotopic (exact) mass is 425 g/mol. The normalized spacial score (nSPS) is 15.0. The van der Waals surface area contributed by atoms with Crippen molar-refractivity contribution in [1.82, 2.24) is 4.90 Å². The van der Waals surface area contributed by atoms with Crippen molar-refractivity contribution in [2.45, 2.75) is 12.8 Å². The first-order valence-corrected chi connectivity index (χ1v) is 10.1. The van der Waals surface area contributed by atoms with Crippen molar-refractivity contribution in [1.29, 1.82) is 0 Å². The van der Waals surface area contributed by atoms with E-state index in [9.17, 15) is 19.5 Å². The number of aromatic carboxylic acids is 1. The van der Waals surface area contributed by atoms with Gasteiger partial charge in [0.2, 0.25) is 5.91 Å². The molecular weight excluding hydrogens is 408 g/mol. The number of carboxylic acid groups (broad SMARTS) is 1. The highest BCUT2D eigenvalue weighted by atomic mass is 32.2. The van der Waals surface area contributed by atoms with E-state index in [0.29, 0.717) is 22.2 Å². The van der Waals surface area contributed by atoms with E-state index in [1.165, 1.54) is 28.8 Å². The van der Waals surface area contributed by atoms with Gasteiger partial charge in [0, 0.05) is 24.2 Å². The van der Waals surface area contributed by atoms with Crippen LogP contribution in [0.25, 0.3) is 6.08 Å². The van der Waals surface area contributed by atoms with E-state index < -0.39 is 5.97 Å². The Bertz CT molecular complexity index is 989. The summed E-state index contributed by atoms with van der Waals surface area (Å²) in [5, 5.41) is 13.7. The largest absolute Gasteiger partial charge is 0.545 e. The molecule has 0 bridgehead atoms. The highest BCUT2D eigenvalue weighted by molar-refractivity contribution is 8.26. The Morgan fingerprint density at radius 3 is 2.52 bits per heavy atom. The van der Waals surface area contributed by atoms with Gasteiger partial charge in [0.05, 0.1) is 10.9 Å². The van der Waals surface area contributed by atoms with Crippen LogP contribution in [-0.2, 0) is 9.59 Å². The minimum Gasteiger partial charge on any atom is -0.545 e. The number of carbonyl (C=O) groups excluding carboxylic acids is 3. The van der Waals surface area contributed by atoms with Crippen molar-refractivity contribution in [2.24, 2.45) is 0 Å². The van der Waals surface area contributed by atoms with Gasteiger partial charge in [-0.25, -0.2) is 0 Å². The van der Waals surface area contributed by atoms with Gasteiger partial charge in [-0.2, -0.15) is 0 Å². The molecule has 2 aromatic rings. The Balaban J connectivity index is 1.55. The second-order valence-electron chi connectivity index (χ2n) is 6.23. The molecule has 0 spiro atoms. The van der Waals surface area contributed by atoms with Crippen LogP contribution < -0.4 is 10.4 Å². The SMILES string of the molecule is O=C(CCCN1C(=O)/C(=C/c2ccccc2)SC1=S)Nc1ccccc1C(=O)[O-]. The molecule has 1 aliphatic rings. The fourth-order valence-electron chi connectivity index (χ4n) is 2.77. The number of rotatable bonds is 7. The lowest BCUT2D eigenvalue weighted by Gasteiger charge is -2.15. The summed E-state index contributed by atoms with van der Waals surface area (Å²) in [7, 11) is 0. The van der Waals surface area contributed by atoms with E-state index >= 15 is 0 Å². The van der Waals surface area contributed by atoms with Gasteiger partial charge in [-0.05, 0) is 24.1 Å². The number of hydrogen-bond acceptors (Lipinski definition) is 6. The van der Waals surface area contributed by atoms with Crippen LogP contribution in [0.1, 0.15) is 28.8 Å². The summed E-state index contributed by atoms with van der Waals surface area (Å²) < 4.78 is 0.458. The molecule has 29 heavy (non-hydrogen) atoms. The fraction of sp³-hybridized carbons (Fsp3) is 0.143. The number of thioether (sulfide) groups is 1. The van der Waals surface area contributed by atoms with Crippen molar-refractivity contribution in [3.05, 3.63) is 70.6 Å². The number of thiocarbonyl (C=S) groups is 1. The number of carbonyl (C=O) groups is 3. The Morgan fingerprint density at radius 1 is 1.10 bits per heavy atom. The smallest absolute Gasteiger partial charge is 0.266 e. The Hall–Kier alpha value is -2.97. The van der Waals surface area contributed by atoms with E-state index in [2.05, 4.69) is 5.32 Å². The summed E-state index contributed by atoms with van der Waals surface area (Å²) in [6.07, 6.45) is 2.31. The average Bonchev–Trinajstić information content (AvgIpc) is 2.96. The standard InChI is InChI=1S/C21H18N2O4S2/c24-18(22-16-10-5-4-9-15(16)20(26)27)11-6-12-23-19(25)17(29-21(23)28)13-14-7-2-1-3-8-14/h1-5,7-10,13H,6,11-12H2,(H,22,24)(H,26,27)/p-1/b17-13-. The minimum atomic E-state index is -1.36. The number of benzene rings is 2. The molecule has 6 nitrogen and oxygen atoms in total. The van der Waals surface area contributed by atoms with Crippen molar-refractivity contribution >= 4 is 57.8 Å². The highest BCUT2D eigenvalue weighted by Crippen LogP contribution is 2.32. The molecule has 1 fully saturated rings. The highest BCUT2D eigenvalue weighted by Gasteiger charge is 2.31. The first-order chi connectivity index (χ1) is 14.0. The molecule has 0 saturated carbocycles. The van der Waals surface area contributed by atoms with Gasteiger partial charge >= 0.3 is 0 Å². The van der Waals surface area contributed by atoms with Gasteiger partial charge < -0.3 is 15.2 Å². The van der Waals surface area contributed by atoms with Gasteiger partial charge in [0.15, 0.2) is 0 Å². The van der Waals surface area contributed by atoms with Crippen LogP contribution in [0.4, 0.5) is 5.69 Å². The van der Waals surface area contributed by atoms with Gasteiger partial charge in [-0.1, -0.05) is 72.5 Å². The van der Waals surface area contributed by atoms with E-state index in [0.717, 1.165) is 5.56 Å². The molecule has 0 unspecified atom stereocenters. The predicted octanol–water partition coefficient (Wildman–Crippen LogP) is 2.67. The van der Waals surface area contributed by atoms with E-state index in [1.807, 2.05) is 30.3 Å². The van der Waals surface area contributed by atoms with E-state index in [-0.39, 0.29) is 29.5 Å². The Morgan fingerprint density at radius 2 is 1.79 bits per heavy atom. The molecule has 0 aliphatic carbocycles. The average molecular weight is 426 g/mol. The third-order valence-corrected chi connectivity index (χ3v) is 5.56. The van der Waals surface area contributed by atoms with Crippen molar-refractivity contribution in [3.8, 4) is 0 Å². The zero-order chi connectivity index (χ0) is 20.8. The van der Waals surface area contributed by atoms with Crippen molar-refractivity contribution < 1.29 is 19.5 Å². The van der Waals surface area contributed by atoms with Gasteiger partial charge in [-0.15, -0.1) is 0 Å². The quantitative estimate of drug-likeness (QED) is 0.542. The first-order valence-electron chi connectivity index (χ1n) is 8.86. The lowest BCUT2D eigenvalue weighted by molar-refractivity contribution is -0.254. The zero-order valence-electron chi connectivity index (χ0n) is 15.3. The van der Waals surface area contributed by atoms with E-state index in [4.69, 9.17) is 12.2 Å². The lowest BCUT2D eigenvalue weighted by Crippen LogP contribution is -2.30. The van der Waals surface area contributed by atoms with Crippen molar-refractivity contribution in [2.75, 3.05) is 11.9 Å². The lowest BCUT2D eigenvalue weighted by atomic mass is 10.1. The topological polar surface area (TPSA) is 89.5 Å². The molecule has 148 valence electrons. The summed E-state index contributed by atoms with van der Waals surface area (Å²) in [6, 6.07) is 15.5. The maximum Gasteiger partial charge on any atom is 0.266 e. The third-order valence-electron chi connectivity index (χ3n) is 4.18. The molecule has 3 rings (SSSR count). The van der Waals surface area contributed by atoms with Crippen LogP contribution >= 0.6 is 24.0 Å². The third kappa shape index (κ3) is 5.30. The number of amides is 2. The van der Waals surface area contributed by atoms with Crippen LogP contribution in [0.3, 0.4) is 0 Å². The number of nitrogens with one attached hydrogen (secondary N) is 1. The molecule has 0 aromatic heterocycles. The molecule has 1 saturated heterocycles. The second-order valence-corrected chi connectivity index (χ2v) is 7.90. The molecule has 2 amide bonds. The van der Waals surface area contributed by atoms with Gasteiger partial charge in [-0.3, -0.25) is 14.5 Å². The minimum absolute atomic E-state index is 0.0798. The summed E-state index contributed by atoms with van der Waals surface area (Å²) in [6.45, 7) is 0.312. The molecule has 0 atom stereocenters. The number of carboxylic acids is 1. The number of anilines is 1. The first kappa shape index (κ1) is 20.8. The van der Waals surface area contributed by atoms with Gasteiger partial charge in [0.1, 0.15) is 4.32 Å². The number of nitrogens with zero attached hydrogens (tertiary/aromatic N) is 1. The predicted molar refractivity (Wildman–Crippen MR) is 115 cm³/mol. The molecule has 1 heterocycles. The summed E-state index contributed by atoms with van der Waals surface area (Å²) in [4.78, 5) is 37.9. The number of para-hydroxylation sites is 1. The Labute approximate surface area is 177 Å². The molecule has 0 radical (unpaired) electrons. The summed E-state index contributed by atoms with van der Waals surface area (Å²) in [5.74, 6) is -1.88. The molecule has 2 aromatic carbocycles. The van der Waals surface area contributed by atoms with Crippen LogP contribution in [-0.4, -0.2) is 33.5 Å². The number of hydrogen-bond donors (Lipinski definition) is 1. The van der Waals surface area contributed by atoms with Crippen molar-refractivity contribution in [3.63, 3.8) is 0 Å². The van der Waals surface area contributed by atoms with E-state index in [1.54, 1.807) is 18.2 Å². The maximum atomic E-state index is 12.6. The molecular formula is C21H17N2O4S2-. The van der Waals surface area contributed by atoms with Crippen LogP contribution in [0.15, 0.2) is 59.5 Å². The summed E-state index contributed by atoms with van der Waals surface area (Å²) >= 11 is 6.53. The van der Waals surface area contributed by atoms with Gasteiger partial charge in [0.25, 0.3) is 5.91 Å². The molecule has 8 heteroatoms. The van der Waals surface area contributed by atoms with Crippen LogP contribution in [0.5, 0.6) is 0 Å². The second kappa shape index (κ2) is 9.49.